The quantitative estimate of drug-likeness (QED) is 0.155. The summed E-state index contributed by atoms with van der Waals surface area (Å²) in [5.74, 6) is 0. The highest BCUT2D eigenvalue weighted by Crippen LogP contribution is 2.54. The second-order valence-corrected chi connectivity index (χ2v) is 18.4. The van der Waals surface area contributed by atoms with Gasteiger partial charge >= 0.3 is 0 Å². The molecule has 0 radical (unpaired) electrons. The molecule has 0 fully saturated rings. The van der Waals surface area contributed by atoms with Crippen molar-refractivity contribution in [3.05, 3.63) is 241 Å². The maximum Gasteiger partial charge on any atom is 0.0789 e. The molecule has 0 amide bonds. The number of hydrogen-bond acceptors (Lipinski definition) is 1. The van der Waals surface area contributed by atoms with Crippen molar-refractivity contribution in [2.75, 3.05) is 4.90 Å². The highest BCUT2D eigenvalue weighted by atomic mass is 15.1. The fourth-order valence-electron chi connectivity index (χ4n) is 11.4. The standard InChI is InChI=1S/C63H47N3.C2H6/c1-63(2)54-27-14-12-25-52(54)60-55(63)28-17-31-58(60)64(47-36-32-43(33-37-47)42-18-6-3-7-19-42)48-38-34-44(35-39-48)49-26-16-30-57-59(49)53-41-40-51-50-24-13-15-29-56(50)65(45-20-8-4-9-21-45)61(51)62(53)66(57)46-22-10-5-11-23-46;1-2/h3-12,14-23,25-41H,13,24H2,1-2H3;1-2H3. The zero-order valence-corrected chi connectivity index (χ0v) is 39.1. The number of anilines is 3. The first-order valence-corrected chi connectivity index (χ1v) is 24.2. The van der Waals surface area contributed by atoms with Crippen LogP contribution in [-0.2, 0) is 11.8 Å². The lowest BCUT2D eigenvalue weighted by atomic mass is 9.82. The van der Waals surface area contributed by atoms with Crippen molar-refractivity contribution in [3.63, 3.8) is 0 Å². The van der Waals surface area contributed by atoms with Gasteiger partial charge in [0.25, 0.3) is 0 Å². The number of fused-ring (bicyclic) bond motifs is 10. The molecule has 13 rings (SSSR count). The van der Waals surface area contributed by atoms with Crippen LogP contribution in [0.3, 0.4) is 0 Å². The first kappa shape index (κ1) is 41.3. The van der Waals surface area contributed by atoms with Crippen molar-refractivity contribution < 1.29 is 0 Å². The molecule has 0 bridgehead atoms. The van der Waals surface area contributed by atoms with E-state index < -0.39 is 0 Å². The van der Waals surface area contributed by atoms with Crippen molar-refractivity contribution >= 4 is 55.8 Å². The van der Waals surface area contributed by atoms with Crippen LogP contribution in [0.25, 0.3) is 83.5 Å². The Bertz CT molecular complexity index is 3680. The molecule has 11 aromatic rings. The Morgan fingerprint density at radius 3 is 1.71 bits per heavy atom. The normalized spacial score (nSPS) is 13.2. The Hall–Kier alpha value is -8.14. The van der Waals surface area contributed by atoms with E-state index in [9.17, 15) is 0 Å². The lowest BCUT2D eigenvalue weighted by Gasteiger charge is -2.29. The minimum absolute atomic E-state index is 0.115. The molecule has 0 unspecified atom stereocenters. The van der Waals surface area contributed by atoms with E-state index in [1.807, 2.05) is 13.8 Å². The van der Waals surface area contributed by atoms with E-state index in [4.69, 9.17) is 0 Å². The summed E-state index contributed by atoms with van der Waals surface area (Å²) in [5.41, 5.74) is 22.2. The minimum Gasteiger partial charge on any atom is -0.310 e. The van der Waals surface area contributed by atoms with Crippen LogP contribution in [0.15, 0.2) is 218 Å². The summed E-state index contributed by atoms with van der Waals surface area (Å²) in [6, 6.07) is 78.3. The smallest absolute Gasteiger partial charge is 0.0789 e. The minimum atomic E-state index is -0.115. The van der Waals surface area contributed by atoms with E-state index in [2.05, 4.69) is 252 Å². The molecular weight excluding hydrogens is 823 g/mol. The molecule has 2 aliphatic carbocycles. The Kier molecular flexibility index (Phi) is 10.1. The maximum atomic E-state index is 2.51. The summed E-state index contributed by atoms with van der Waals surface area (Å²) in [4.78, 5) is 2.46. The first-order valence-electron chi connectivity index (χ1n) is 24.2. The topological polar surface area (TPSA) is 13.1 Å². The van der Waals surface area contributed by atoms with Gasteiger partial charge in [-0.25, -0.2) is 0 Å². The summed E-state index contributed by atoms with van der Waals surface area (Å²) in [6.07, 6.45) is 6.75. The van der Waals surface area contributed by atoms with Crippen LogP contribution in [0.1, 0.15) is 56.5 Å². The van der Waals surface area contributed by atoms with E-state index in [1.165, 1.54) is 99.8 Å². The number of benzene rings is 9. The molecule has 3 heteroatoms. The number of aromatic nitrogens is 2. The van der Waals surface area contributed by atoms with Crippen LogP contribution >= 0.6 is 0 Å². The summed E-state index contributed by atoms with van der Waals surface area (Å²) < 4.78 is 5.02. The second-order valence-electron chi connectivity index (χ2n) is 18.4. The fraction of sp³-hybridized carbons (Fsp3) is 0.108. The Morgan fingerprint density at radius 1 is 0.456 bits per heavy atom. The largest absolute Gasteiger partial charge is 0.310 e. The lowest BCUT2D eigenvalue weighted by molar-refractivity contribution is 0.660. The van der Waals surface area contributed by atoms with Crippen LogP contribution in [0, 0.1) is 0 Å². The van der Waals surface area contributed by atoms with Crippen LogP contribution in [0.4, 0.5) is 17.1 Å². The van der Waals surface area contributed by atoms with Crippen molar-refractivity contribution in [3.8, 4) is 44.8 Å². The average molecular weight is 876 g/mol. The van der Waals surface area contributed by atoms with Crippen LogP contribution < -0.4 is 4.90 Å². The van der Waals surface area contributed by atoms with Gasteiger partial charge in [-0.15, -0.1) is 0 Å². The van der Waals surface area contributed by atoms with Crippen LogP contribution in [0.2, 0.25) is 0 Å². The third-order valence-corrected chi connectivity index (χ3v) is 14.4. The lowest BCUT2D eigenvalue weighted by Crippen LogP contribution is -2.16. The predicted molar refractivity (Wildman–Crippen MR) is 289 cm³/mol. The van der Waals surface area contributed by atoms with Gasteiger partial charge in [0, 0.05) is 55.6 Å². The van der Waals surface area contributed by atoms with Crippen molar-refractivity contribution in [2.24, 2.45) is 0 Å². The van der Waals surface area contributed by atoms with Crippen molar-refractivity contribution in [2.45, 2.75) is 46.0 Å². The monoisotopic (exact) mass is 875 g/mol. The molecule has 328 valence electrons. The van der Waals surface area contributed by atoms with Crippen LogP contribution in [0.5, 0.6) is 0 Å². The van der Waals surface area contributed by atoms with E-state index >= 15 is 0 Å². The zero-order valence-electron chi connectivity index (χ0n) is 39.1. The van der Waals surface area contributed by atoms with Gasteiger partial charge in [-0.2, -0.15) is 0 Å². The fourth-order valence-corrected chi connectivity index (χ4v) is 11.4. The second kappa shape index (κ2) is 16.6. The molecule has 2 aromatic heterocycles. The highest BCUT2D eigenvalue weighted by Gasteiger charge is 2.38. The summed E-state index contributed by atoms with van der Waals surface area (Å²) in [7, 11) is 0. The van der Waals surface area contributed by atoms with Gasteiger partial charge in [-0.1, -0.05) is 185 Å². The van der Waals surface area contributed by atoms with E-state index in [1.54, 1.807) is 0 Å². The Labute approximate surface area is 399 Å². The van der Waals surface area contributed by atoms with Crippen molar-refractivity contribution in [1.82, 2.24) is 9.13 Å². The molecule has 0 N–H and O–H groups in total. The van der Waals surface area contributed by atoms with E-state index in [-0.39, 0.29) is 5.41 Å². The summed E-state index contributed by atoms with van der Waals surface area (Å²) in [6.45, 7) is 8.72. The molecule has 0 spiro atoms. The third kappa shape index (κ3) is 6.41. The molecule has 2 aliphatic rings. The number of hydrogen-bond donors (Lipinski definition) is 0. The molecule has 3 nitrogen and oxygen atoms in total. The zero-order chi connectivity index (χ0) is 45.9. The number of allylic oxidation sites excluding steroid dienone is 1. The Balaban J connectivity index is 0.00000237. The van der Waals surface area contributed by atoms with E-state index in [0.717, 1.165) is 29.9 Å². The number of para-hydroxylation sites is 2. The van der Waals surface area contributed by atoms with Gasteiger partial charge in [-0.3, -0.25) is 0 Å². The summed E-state index contributed by atoms with van der Waals surface area (Å²) >= 11 is 0. The van der Waals surface area contributed by atoms with Gasteiger partial charge in [0.15, 0.2) is 0 Å². The average Bonchev–Trinajstić information content (AvgIpc) is 4.02. The van der Waals surface area contributed by atoms with Gasteiger partial charge in [0.1, 0.15) is 0 Å². The van der Waals surface area contributed by atoms with Gasteiger partial charge in [-0.05, 0) is 124 Å². The molecular formula is C65H53N3. The molecule has 0 atom stereocenters. The van der Waals surface area contributed by atoms with Crippen molar-refractivity contribution in [1.29, 1.82) is 0 Å². The number of aryl methyl sites for hydroxylation is 1. The molecule has 0 saturated carbocycles. The molecule has 9 aromatic carbocycles. The van der Waals surface area contributed by atoms with Gasteiger partial charge in [0.2, 0.25) is 0 Å². The number of rotatable bonds is 7. The van der Waals surface area contributed by atoms with E-state index in [0.29, 0.717) is 0 Å². The predicted octanol–water partition coefficient (Wildman–Crippen LogP) is 17.8. The van der Waals surface area contributed by atoms with Gasteiger partial charge < -0.3 is 14.0 Å². The molecule has 2 heterocycles. The number of nitrogens with zero attached hydrogens (tertiary/aromatic N) is 3. The first-order chi connectivity index (χ1) is 33.5. The molecule has 68 heavy (non-hydrogen) atoms. The van der Waals surface area contributed by atoms with Gasteiger partial charge in [0.05, 0.1) is 22.2 Å². The SMILES string of the molecule is CC.CC1(C)c2ccccc2-c2c(N(c3ccc(-c4ccccc4)cc3)c3ccc(-c4cccc5c4c4ccc6c7c(n(-c8ccccc8)c6c4n5-c4ccccc4)C=CCC7)cc3)cccc21. The summed E-state index contributed by atoms with van der Waals surface area (Å²) in [5, 5.41) is 3.83. The third-order valence-electron chi connectivity index (χ3n) is 14.4. The van der Waals surface area contributed by atoms with Crippen LogP contribution in [-0.4, -0.2) is 9.13 Å². The maximum absolute atomic E-state index is 2.51. The molecule has 0 aliphatic heterocycles. The Morgan fingerprint density at radius 2 is 1.00 bits per heavy atom. The molecule has 0 saturated heterocycles. The highest BCUT2D eigenvalue weighted by molar-refractivity contribution is 6.23.